The van der Waals surface area contributed by atoms with Crippen LogP contribution >= 0.6 is 27.3 Å². The Hall–Kier alpha value is -0.690. The van der Waals surface area contributed by atoms with E-state index in [1.165, 1.54) is 0 Å². The fourth-order valence-corrected chi connectivity index (χ4v) is 2.41. The van der Waals surface area contributed by atoms with Crippen molar-refractivity contribution in [3.05, 3.63) is 38.6 Å². The van der Waals surface area contributed by atoms with Gasteiger partial charge in [0.25, 0.3) is 0 Å². The summed E-state index contributed by atoms with van der Waals surface area (Å²) in [5, 5.41) is 3.10. The van der Waals surface area contributed by atoms with E-state index in [0.717, 1.165) is 22.9 Å². The first-order valence-corrected chi connectivity index (χ1v) is 6.48. The quantitative estimate of drug-likeness (QED) is 0.673. The number of nitrogens with zero attached hydrogens (tertiary/aromatic N) is 1. The lowest BCUT2D eigenvalue weighted by molar-refractivity contribution is 0.403. The third-order valence-corrected chi connectivity index (χ3v) is 3.47. The Morgan fingerprint density at radius 1 is 1.62 bits per heavy atom. The minimum atomic E-state index is -0.0483. The Bertz CT molecular complexity index is 468. The molecule has 0 aromatic carbocycles. The van der Waals surface area contributed by atoms with Crippen molar-refractivity contribution >= 4 is 27.3 Å². The molecule has 0 aliphatic rings. The molecule has 2 heterocycles. The molecule has 0 spiro atoms. The average Bonchev–Trinajstić information content (AvgIpc) is 2.84. The maximum absolute atomic E-state index is 5.52. The smallest absolute Gasteiger partial charge is 0.169 e. The van der Waals surface area contributed by atoms with Gasteiger partial charge in [0.1, 0.15) is 5.76 Å². The van der Waals surface area contributed by atoms with E-state index in [4.69, 9.17) is 10.3 Å². The van der Waals surface area contributed by atoms with Crippen LogP contribution in [-0.2, 0) is 6.42 Å². The second kappa shape index (κ2) is 5.09. The van der Waals surface area contributed by atoms with Crippen molar-refractivity contribution in [2.24, 2.45) is 5.84 Å². The van der Waals surface area contributed by atoms with Crippen LogP contribution in [0.3, 0.4) is 0 Å². The van der Waals surface area contributed by atoms with Gasteiger partial charge in [-0.3, -0.25) is 5.84 Å². The van der Waals surface area contributed by atoms with Crippen molar-refractivity contribution in [2.75, 3.05) is 0 Å². The molecule has 0 amide bonds. The zero-order chi connectivity index (χ0) is 11.5. The van der Waals surface area contributed by atoms with Crippen LogP contribution in [0.15, 0.2) is 26.6 Å². The van der Waals surface area contributed by atoms with Crippen LogP contribution < -0.4 is 11.3 Å². The zero-order valence-electron chi connectivity index (χ0n) is 8.74. The lowest BCUT2D eigenvalue weighted by atomic mass is 10.1. The van der Waals surface area contributed by atoms with E-state index in [2.05, 4.69) is 26.3 Å². The van der Waals surface area contributed by atoms with Gasteiger partial charge in [-0.05, 0) is 35.0 Å². The molecule has 0 fully saturated rings. The molecule has 6 heteroatoms. The SMILES string of the molecule is Cc1nc(CC(NN)c2ccc(Br)o2)cs1. The molecule has 2 rings (SSSR count). The first-order valence-electron chi connectivity index (χ1n) is 4.81. The Balaban J connectivity index is 2.12. The molecule has 16 heavy (non-hydrogen) atoms. The first kappa shape index (κ1) is 11.8. The Morgan fingerprint density at radius 2 is 2.44 bits per heavy atom. The summed E-state index contributed by atoms with van der Waals surface area (Å²) in [6, 6.07) is 3.70. The summed E-state index contributed by atoms with van der Waals surface area (Å²) in [6.45, 7) is 1.99. The predicted octanol–water partition coefficient (Wildman–Crippen LogP) is 2.55. The van der Waals surface area contributed by atoms with Crippen molar-refractivity contribution in [1.29, 1.82) is 0 Å². The predicted molar refractivity (Wildman–Crippen MR) is 67.0 cm³/mol. The molecule has 0 saturated heterocycles. The second-order valence-corrected chi connectivity index (χ2v) is 5.27. The highest BCUT2D eigenvalue weighted by atomic mass is 79.9. The van der Waals surface area contributed by atoms with Crippen LogP contribution in [0.1, 0.15) is 22.5 Å². The second-order valence-electron chi connectivity index (χ2n) is 3.42. The van der Waals surface area contributed by atoms with Crippen molar-refractivity contribution in [2.45, 2.75) is 19.4 Å². The number of nitrogens with one attached hydrogen (secondary N) is 1. The molecule has 0 aliphatic heterocycles. The van der Waals surface area contributed by atoms with Gasteiger partial charge in [0, 0.05) is 11.8 Å². The average molecular weight is 302 g/mol. The minimum Gasteiger partial charge on any atom is -0.453 e. The molecule has 2 aromatic heterocycles. The van der Waals surface area contributed by atoms with E-state index in [-0.39, 0.29) is 6.04 Å². The Kier molecular flexibility index (Phi) is 3.75. The Morgan fingerprint density at radius 3 is 2.94 bits per heavy atom. The van der Waals surface area contributed by atoms with Crippen LogP contribution in [0.5, 0.6) is 0 Å². The van der Waals surface area contributed by atoms with E-state index in [1.54, 1.807) is 11.3 Å². The first-order chi connectivity index (χ1) is 7.69. The van der Waals surface area contributed by atoms with Crippen LogP contribution in [0, 0.1) is 6.92 Å². The monoisotopic (exact) mass is 301 g/mol. The number of hydrazine groups is 1. The van der Waals surface area contributed by atoms with E-state index in [9.17, 15) is 0 Å². The largest absolute Gasteiger partial charge is 0.453 e. The number of aromatic nitrogens is 1. The molecule has 0 bridgehead atoms. The number of rotatable bonds is 4. The van der Waals surface area contributed by atoms with Gasteiger partial charge in [0.05, 0.1) is 16.7 Å². The Labute approximate surface area is 106 Å². The normalized spacial score (nSPS) is 12.9. The molecule has 0 aliphatic carbocycles. The molecular weight excluding hydrogens is 290 g/mol. The molecule has 86 valence electrons. The number of aryl methyl sites for hydroxylation is 1. The van der Waals surface area contributed by atoms with Crippen molar-refractivity contribution < 1.29 is 4.42 Å². The molecular formula is C10H12BrN3OS. The highest BCUT2D eigenvalue weighted by Gasteiger charge is 2.15. The highest BCUT2D eigenvalue weighted by molar-refractivity contribution is 9.10. The van der Waals surface area contributed by atoms with Gasteiger partial charge in [0.2, 0.25) is 0 Å². The van der Waals surface area contributed by atoms with Gasteiger partial charge in [0.15, 0.2) is 4.67 Å². The fourth-order valence-electron chi connectivity index (χ4n) is 1.47. The molecule has 2 aromatic rings. The van der Waals surface area contributed by atoms with Crippen LogP contribution in [0.4, 0.5) is 0 Å². The fraction of sp³-hybridized carbons (Fsp3) is 0.300. The summed E-state index contributed by atoms with van der Waals surface area (Å²) in [5.74, 6) is 6.32. The van der Waals surface area contributed by atoms with Crippen LogP contribution in [0.25, 0.3) is 0 Å². The van der Waals surface area contributed by atoms with Gasteiger partial charge in [-0.1, -0.05) is 0 Å². The molecule has 4 nitrogen and oxygen atoms in total. The molecule has 0 radical (unpaired) electrons. The van der Waals surface area contributed by atoms with Gasteiger partial charge < -0.3 is 4.42 Å². The van der Waals surface area contributed by atoms with E-state index >= 15 is 0 Å². The summed E-state index contributed by atoms with van der Waals surface area (Å²) >= 11 is 4.91. The van der Waals surface area contributed by atoms with Gasteiger partial charge in [-0.2, -0.15) is 0 Å². The third-order valence-electron chi connectivity index (χ3n) is 2.22. The van der Waals surface area contributed by atoms with Gasteiger partial charge >= 0.3 is 0 Å². The highest BCUT2D eigenvalue weighted by Crippen LogP contribution is 2.23. The third kappa shape index (κ3) is 2.70. The zero-order valence-corrected chi connectivity index (χ0v) is 11.1. The van der Waals surface area contributed by atoms with Crippen LogP contribution in [0.2, 0.25) is 0 Å². The van der Waals surface area contributed by atoms with Crippen molar-refractivity contribution in [1.82, 2.24) is 10.4 Å². The number of nitrogens with two attached hydrogens (primary N) is 1. The van der Waals surface area contributed by atoms with Crippen LogP contribution in [-0.4, -0.2) is 4.98 Å². The summed E-state index contributed by atoms with van der Waals surface area (Å²) in [4.78, 5) is 4.40. The summed E-state index contributed by atoms with van der Waals surface area (Å²) in [6.07, 6.45) is 0.723. The number of halogens is 1. The van der Waals surface area contributed by atoms with E-state index < -0.39 is 0 Å². The number of furan rings is 1. The van der Waals surface area contributed by atoms with Gasteiger partial charge in [-0.25, -0.2) is 10.4 Å². The summed E-state index contributed by atoms with van der Waals surface area (Å²) in [7, 11) is 0. The number of hydrogen-bond donors (Lipinski definition) is 2. The maximum Gasteiger partial charge on any atom is 0.169 e. The molecule has 0 saturated carbocycles. The number of hydrogen-bond acceptors (Lipinski definition) is 5. The van der Waals surface area contributed by atoms with Crippen molar-refractivity contribution in [3.63, 3.8) is 0 Å². The van der Waals surface area contributed by atoms with E-state index in [0.29, 0.717) is 4.67 Å². The molecule has 3 N–H and O–H groups in total. The van der Waals surface area contributed by atoms with Gasteiger partial charge in [-0.15, -0.1) is 11.3 Å². The standard InChI is InChI=1S/C10H12BrN3OS/c1-6-13-7(5-16-6)4-8(14-12)9-2-3-10(11)15-9/h2-3,5,8,14H,4,12H2,1H3. The molecule has 1 atom stereocenters. The topological polar surface area (TPSA) is 64.1 Å². The maximum atomic E-state index is 5.52. The minimum absolute atomic E-state index is 0.0483. The summed E-state index contributed by atoms with van der Waals surface area (Å²) < 4.78 is 6.17. The lowest BCUT2D eigenvalue weighted by Crippen LogP contribution is -2.29. The number of thiazole rings is 1. The van der Waals surface area contributed by atoms with E-state index in [1.807, 2.05) is 24.4 Å². The lowest BCUT2D eigenvalue weighted by Gasteiger charge is -2.11. The molecule has 1 unspecified atom stereocenters. The van der Waals surface area contributed by atoms with Crippen molar-refractivity contribution in [3.8, 4) is 0 Å². The summed E-state index contributed by atoms with van der Waals surface area (Å²) in [5.41, 5.74) is 3.77.